The Labute approximate surface area is 167 Å². The van der Waals surface area contributed by atoms with Gasteiger partial charge in [0, 0.05) is 17.3 Å². The summed E-state index contributed by atoms with van der Waals surface area (Å²) in [4.78, 5) is 23.3. The number of nitrogens with zero attached hydrogens (tertiary/aromatic N) is 2. The second-order valence-corrected chi connectivity index (χ2v) is 6.79. The molecule has 0 fully saturated rings. The molecule has 2 heterocycles. The molecule has 0 aliphatic heterocycles. The number of hydrogen-bond donors (Lipinski definition) is 3. The summed E-state index contributed by atoms with van der Waals surface area (Å²) in [6.07, 6.45) is 2.38. The van der Waals surface area contributed by atoms with Crippen LogP contribution in [0.3, 0.4) is 0 Å². The molecule has 3 rings (SSSR count). The molecule has 0 aliphatic carbocycles. The third-order valence-corrected chi connectivity index (χ3v) is 4.90. The van der Waals surface area contributed by atoms with Gasteiger partial charge in [-0.2, -0.15) is 0 Å². The first-order chi connectivity index (χ1) is 13.9. The number of hydrogen-bond acceptors (Lipinski definition) is 8. The number of carbonyl (C=O) groups is 1. The lowest BCUT2D eigenvalue weighted by atomic mass is 9.83. The predicted octanol–water partition coefficient (Wildman–Crippen LogP) is 1.88. The standard InChI is InChI=1S/C20H23N3O6/c1-20(9-24,10-25)18(26)12-7-21-19-16(12)23-13(8-22-19)11-5-14(27-2)17(29-4)15(6-11)28-3/h5-9,18,25-26H,10H2,1-4H3,(H,21,22). The van der Waals surface area contributed by atoms with Crippen LogP contribution in [0.4, 0.5) is 0 Å². The van der Waals surface area contributed by atoms with Crippen molar-refractivity contribution < 1.29 is 29.2 Å². The van der Waals surface area contributed by atoms with Crippen LogP contribution in [-0.2, 0) is 4.79 Å². The van der Waals surface area contributed by atoms with Gasteiger partial charge in [-0.3, -0.25) is 0 Å². The molecular formula is C20H23N3O6. The van der Waals surface area contributed by atoms with Crippen LogP contribution in [0.2, 0.25) is 0 Å². The first-order valence-corrected chi connectivity index (χ1v) is 8.82. The van der Waals surface area contributed by atoms with Crippen molar-refractivity contribution in [3.8, 4) is 28.5 Å². The molecule has 0 amide bonds. The number of methoxy groups -OCH3 is 3. The number of nitrogens with one attached hydrogen (secondary N) is 1. The van der Waals surface area contributed by atoms with E-state index in [1.54, 1.807) is 18.3 Å². The number of H-pyrrole nitrogens is 1. The first-order valence-electron chi connectivity index (χ1n) is 8.82. The van der Waals surface area contributed by atoms with E-state index >= 15 is 0 Å². The van der Waals surface area contributed by atoms with Crippen LogP contribution in [0.1, 0.15) is 18.6 Å². The van der Waals surface area contributed by atoms with Crippen molar-refractivity contribution in [2.24, 2.45) is 5.41 Å². The van der Waals surface area contributed by atoms with Crippen LogP contribution < -0.4 is 14.2 Å². The van der Waals surface area contributed by atoms with Gasteiger partial charge in [-0.25, -0.2) is 9.97 Å². The van der Waals surface area contributed by atoms with Gasteiger partial charge in [-0.05, 0) is 19.1 Å². The van der Waals surface area contributed by atoms with Crippen LogP contribution in [0.5, 0.6) is 17.2 Å². The minimum absolute atomic E-state index is 0.366. The van der Waals surface area contributed by atoms with Gasteiger partial charge in [0.15, 0.2) is 17.1 Å². The molecule has 29 heavy (non-hydrogen) atoms. The lowest BCUT2D eigenvalue weighted by Crippen LogP contribution is -2.31. The molecule has 1 aromatic carbocycles. The number of aliphatic hydroxyl groups excluding tert-OH is 2. The number of aliphatic hydroxyl groups is 2. The number of carbonyl (C=O) groups excluding carboxylic acids is 1. The quantitative estimate of drug-likeness (QED) is 0.488. The zero-order valence-electron chi connectivity index (χ0n) is 16.6. The molecule has 0 saturated heterocycles. The predicted molar refractivity (Wildman–Crippen MR) is 105 cm³/mol. The largest absolute Gasteiger partial charge is 0.493 e. The summed E-state index contributed by atoms with van der Waals surface area (Å²) >= 11 is 0. The Morgan fingerprint density at radius 3 is 2.38 bits per heavy atom. The van der Waals surface area contributed by atoms with E-state index in [1.807, 2.05) is 0 Å². The molecule has 0 radical (unpaired) electrons. The zero-order chi connectivity index (χ0) is 21.2. The summed E-state index contributed by atoms with van der Waals surface area (Å²) in [6.45, 7) is 0.963. The fourth-order valence-corrected chi connectivity index (χ4v) is 3.03. The van der Waals surface area contributed by atoms with Gasteiger partial charge in [0.1, 0.15) is 11.8 Å². The summed E-state index contributed by atoms with van der Waals surface area (Å²) in [5, 5.41) is 20.2. The third-order valence-electron chi connectivity index (χ3n) is 4.90. The van der Waals surface area contributed by atoms with Crippen molar-refractivity contribution in [3.63, 3.8) is 0 Å². The topological polar surface area (TPSA) is 127 Å². The average Bonchev–Trinajstić information content (AvgIpc) is 3.19. The second-order valence-electron chi connectivity index (χ2n) is 6.79. The van der Waals surface area contributed by atoms with Gasteiger partial charge in [0.05, 0.1) is 51.3 Å². The SMILES string of the molecule is COc1cc(-c2cnc3[nH]cc(C(O)C(C)(C=O)CO)c3n2)cc(OC)c1OC. The number of benzene rings is 1. The number of aromatic amines is 1. The summed E-state index contributed by atoms with van der Waals surface area (Å²) in [5.74, 6) is 1.38. The molecule has 2 unspecified atom stereocenters. The van der Waals surface area contributed by atoms with Gasteiger partial charge in [0.25, 0.3) is 0 Å². The van der Waals surface area contributed by atoms with E-state index in [-0.39, 0.29) is 0 Å². The number of aromatic nitrogens is 3. The van der Waals surface area contributed by atoms with Gasteiger partial charge in [0.2, 0.25) is 5.75 Å². The van der Waals surface area contributed by atoms with Crippen LogP contribution in [0.25, 0.3) is 22.4 Å². The van der Waals surface area contributed by atoms with Crippen LogP contribution >= 0.6 is 0 Å². The van der Waals surface area contributed by atoms with E-state index in [0.29, 0.717) is 51.5 Å². The summed E-state index contributed by atoms with van der Waals surface area (Å²) in [7, 11) is 4.56. The Hall–Kier alpha value is -3.17. The van der Waals surface area contributed by atoms with Gasteiger partial charge < -0.3 is 34.2 Å². The summed E-state index contributed by atoms with van der Waals surface area (Å²) < 4.78 is 16.1. The number of aldehydes is 1. The van der Waals surface area contributed by atoms with Gasteiger partial charge in [-0.15, -0.1) is 0 Å². The van der Waals surface area contributed by atoms with Crippen molar-refractivity contribution in [1.82, 2.24) is 15.0 Å². The molecule has 0 spiro atoms. The van der Waals surface area contributed by atoms with E-state index in [9.17, 15) is 15.0 Å². The first kappa shape index (κ1) is 20.6. The molecule has 0 saturated carbocycles. The van der Waals surface area contributed by atoms with E-state index in [0.717, 1.165) is 0 Å². The fraction of sp³-hybridized carbons (Fsp3) is 0.350. The van der Waals surface area contributed by atoms with Crippen LogP contribution in [0, 0.1) is 5.41 Å². The van der Waals surface area contributed by atoms with Crippen molar-refractivity contribution in [2.75, 3.05) is 27.9 Å². The minimum Gasteiger partial charge on any atom is -0.493 e. The highest BCUT2D eigenvalue weighted by Crippen LogP contribution is 2.41. The maximum Gasteiger partial charge on any atom is 0.203 e. The molecule has 3 N–H and O–H groups in total. The minimum atomic E-state index is -1.36. The van der Waals surface area contributed by atoms with Crippen molar-refractivity contribution in [3.05, 3.63) is 30.1 Å². The molecule has 0 aliphatic rings. The van der Waals surface area contributed by atoms with E-state index in [1.165, 1.54) is 34.4 Å². The van der Waals surface area contributed by atoms with Gasteiger partial charge >= 0.3 is 0 Å². The number of rotatable bonds is 8. The van der Waals surface area contributed by atoms with Crippen molar-refractivity contribution in [2.45, 2.75) is 13.0 Å². The second kappa shape index (κ2) is 8.06. The fourth-order valence-electron chi connectivity index (χ4n) is 3.03. The monoisotopic (exact) mass is 401 g/mol. The zero-order valence-corrected chi connectivity index (χ0v) is 16.6. The Morgan fingerprint density at radius 1 is 1.21 bits per heavy atom. The summed E-state index contributed by atoms with van der Waals surface area (Å²) in [6, 6.07) is 3.48. The van der Waals surface area contributed by atoms with Crippen LogP contribution in [0.15, 0.2) is 24.5 Å². The normalized spacial score (nSPS) is 14.3. The molecule has 2 atom stereocenters. The Bertz CT molecular complexity index is 1010. The smallest absolute Gasteiger partial charge is 0.203 e. The highest BCUT2D eigenvalue weighted by Gasteiger charge is 2.35. The number of ether oxygens (including phenoxy) is 3. The molecule has 2 aromatic heterocycles. The number of fused-ring (bicyclic) bond motifs is 1. The molecule has 154 valence electrons. The maximum absolute atomic E-state index is 11.4. The average molecular weight is 401 g/mol. The summed E-state index contributed by atoms with van der Waals surface area (Å²) in [5.41, 5.74) is 1.01. The Kier molecular flexibility index (Phi) is 5.71. The highest BCUT2D eigenvalue weighted by atomic mass is 16.5. The van der Waals surface area contributed by atoms with Gasteiger partial charge in [-0.1, -0.05) is 0 Å². The molecule has 0 bridgehead atoms. The van der Waals surface area contributed by atoms with Crippen LogP contribution in [-0.4, -0.2) is 59.4 Å². The van der Waals surface area contributed by atoms with Crippen molar-refractivity contribution in [1.29, 1.82) is 0 Å². The van der Waals surface area contributed by atoms with E-state index in [4.69, 9.17) is 14.2 Å². The highest BCUT2D eigenvalue weighted by molar-refractivity contribution is 5.80. The molecule has 9 nitrogen and oxygen atoms in total. The lowest BCUT2D eigenvalue weighted by Gasteiger charge is -2.26. The van der Waals surface area contributed by atoms with E-state index in [2.05, 4.69) is 15.0 Å². The Morgan fingerprint density at radius 2 is 1.86 bits per heavy atom. The molecule has 9 heteroatoms. The maximum atomic E-state index is 11.4. The molecular weight excluding hydrogens is 378 g/mol. The molecule has 3 aromatic rings. The Balaban J connectivity index is 2.15. The van der Waals surface area contributed by atoms with Crippen molar-refractivity contribution >= 4 is 17.5 Å². The van der Waals surface area contributed by atoms with E-state index < -0.39 is 18.1 Å². The lowest BCUT2D eigenvalue weighted by molar-refractivity contribution is -0.124. The third kappa shape index (κ3) is 3.50.